The van der Waals surface area contributed by atoms with Crippen LogP contribution in [0.4, 0.5) is 0 Å². The highest BCUT2D eigenvalue weighted by molar-refractivity contribution is 5.89. The first kappa shape index (κ1) is 8.84. The fourth-order valence-corrected chi connectivity index (χ4v) is 1.07. The molecule has 0 bridgehead atoms. The number of allylic oxidation sites excluding steroid dienone is 2. The molecule has 0 heterocycles. The van der Waals surface area contributed by atoms with E-state index in [2.05, 4.69) is 0 Å². The van der Waals surface area contributed by atoms with Gasteiger partial charge in [0.1, 0.15) is 5.76 Å². The van der Waals surface area contributed by atoms with Crippen molar-refractivity contribution in [2.45, 2.75) is 19.8 Å². The van der Waals surface area contributed by atoms with Crippen LogP contribution >= 0.6 is 0 Å². The van der Waals surface area contributed by atoms with Crippen LogP contribution in [0, 0.1) is 0 Å². The standard InChI is InChI=1S/C9H12O3/c1-2-12-9(11)7-4-3-5-8(10)6-7/h5-6,10H,2-4H2,1H3. The lowest BCUT2D eigenvalue weighted by atomic mass is 10.0. The van der Waals surface area contributed by atoms with E-state index < -0.39 is 0 Å². The van der Waals surface area contributed by atoms with Crippen LogP contribution in [0.2, 0.25) is 0 Å². The van der Waals surface area contributed by atoms with Gasteiger partial charge in [-0.3, -0.25) is 0 Å². The van der Waals surface area contributed by atoms with Gasteiger partial charge >= 0.3 is 5.97 Å². The van der Waals surface area contributed by atoms with Crippen molar-refractivity contribution in [1.82, 2.24) is 0 Å². The van der Waals surface area contributed by atoms with Crippen LogP contribution in [0.3, 0.4) is 0 Å². The molecule has 0 fully saturated rings. The third-order valence-electron chi connectivity index (χ3n) is 1.63. The maximum Gasteiger partial charge on any atom is 0.334 e. The molecule has 1 rings (SSSR count). The summed E-state index contributed by atoms with van der Waals surface area (Å²) in [5.74, 6) is -0.165. The Morgan fingerprint density at radius 2 is 2.50 bits per heavy atom. The Kier molecular flexibility index (Phi) is 2.91. The number of aliphatic hydroxyl groups is 1. The molecule has 1 aliphatic rings. The van der Waals surface area contributed by atoms with Gasteiger partial charge in [0.15, 0.2) is 0 Å². The van der Waals surface area contributed by atoms with Crippen molar-refractivity contribution in [3.63, 3.8) is 0 Å². The zero-order valence-electron chi connectivity index (χ0n) is 7.04. The number of hydrogen-bond donors (Lipinski definition) is 1. The number of carbonyl (C=O) groups excluding carboxylic acids is 1. The molecule has 0 aromatic carbocycles. The van der Waals surface area contributed by atoms with Crippen LogP contribution in [0.1, 0.15) is 19.8 Å². The number of carbonyl (C=O) groups is 1. The maximum atomic E-state index is 11.1. The van der Waals surface area contributed by atoms with E-state index >= 15 is 0 Å². The van der Waals surface area contributed by atoms with Crippen molar-refractivity contribution in [1.29, 1.82) is 0 Å². The van der Waals surface area contributed by atoms with Gasteiger partial charge in [-0.15, -0.1) is 0 Å². The highest BCUT2D eigenvalue weighted by Crippen LogP contribution is 2.16. The largest absolute Gasteiger partial charge is 0.508 e. The summed E-state index contributed by atoms with van der Waals surface area (Å²) in [5, 5.41) is 9.07. The van der Waals surface area contributed by atoms with Crippen LogP contribution in [0.5, 0.6) is 0 Å². The summed E-state index contributed by atoms with van der Waals surface area (Å²) >= 11 is 0. The molecule has 0 atom stereocenters. The van der Waals surface area contributed by atoms with Crippen LogP contribution in [0.25, 0.3) is 0 Å². The number of hydrogen-bond acceptors (Lipinski definition) is 3. The van der Waals surface area contributed by atoms with Crippen molar-refractivity contribution < 1.29 is 14.6 Å². The van der Waals surface area contributed by atoms with E-state index in [0.29, 0.717) is 25.0 Å². The molecule has 3 heteroatoms. The summed E-state index contributed by atoms with van der Waals surface area (Å²) < 4.78 is 4.78. The van der Waals surface area contributed by atoms with E-state index in [-0.39, 0.29) is 11.7 Å². The Hall–Kier alpha value is -1.25. The van der Waals surface area contributed by atoms with Gasteiger partial charge in [-0.05, 0) is 31.9 Å². The molecule has 0 radical (unpaired) electrons. The highest BCUT2D eigenvalue weighted by Gasteiger charge is 2.13. The Morgan fingerprint density at radius 3 is 3.08 bits per heavy atom. The smallest absolute Gasteiger partial charge is 0.334 e. The van der Waals surface area contributed by atoms with E-state index in [1.54, 1.807) is 13.0 Å². The second kappa shape index (κ2) is 3.95. The fourth-order valence-electron chi connectivity index (χ4n) is 1.07. The predicted molar refractivity (Wildman–Crippen MR) is 44.7 cm³/mol. The van der Waals surface area contributed by atoms with Gasteiger partial charge in [-0.1, -0.05) is 0 Å². The van der Waals surface area contributed by atoms with Crippen molar-refractivity contribution in [3.05, 3.63) is 23.5 Å². The van der Waals surface area contributed by atoms with Gasteiger partial charge in [0.05, 0.1) is 6.61 Å². The SMILES string of the molecule is CCOC(=O)C1=CC(O)=CCC1. The van der Waals surface area contributed by atoms with Crippen molar-refractivity contribution in [2.24, 2.45) is 0 Å². The minimum Gasteiger partial charge on any atom is -0.508 e. The first-order valence-corrected chi connectivity index (χ1v) is 4.01. The number of rotatable bonds is 2. The van der Waals surface area contributed by atoms with Crippen molar-refractivity contribution in [2.75, 3.05) is 6.61 Å². The van der Waals surface area contributed by atoms with E-state index in [9.17, 15) is 4.79 Å². The van der Waals surface area contributed by atoms with Crippen LogP contribution < -0.4 is 0 Å². The summed E-state index contributed by atoms with van der Waals surface area (Å²) in [4.78, 5) is 11.1. The topological polar surface area (TPSA) is 46.5 Å². The number of aliphatic hydroxyl groups excluding tert-OH is 1. The average molecular weight is 168 g/mol. The molecule has 0 spiro atoms. The zero-order chi connectivity index (χ0) is 8.97. The summed E-state index contributed by atoms with van der Waals surface area (Å²) in [6, 6.07) is 0. The average Bonchev–Trinajstić information content (AvgIpc) is 2.05. The molecule has 1 aliphatic carbocycles. The normalized spacial score (nSPS) is 16.4. The predicted octanol–water partition coefficient (Wildman–Crippen LogP) is 1.71. The summed E-state index contributed by atoms with van der Waals surface area (Å²) in [7, 11) is 0. The van der Waals surface area contributed by atoms with E-state index in [4.69, 9.17) is 9.84 Å². The summed E-state index contributed by atoms with van der Waals surface area (Å²) in [5.41, 5.74) is 0.553. The van der Waals surface area contributed by atoms with Crippen molar-refractivity contribution >= 4 is 5.97 Å². The van der Waals surface area contributed by atoms with E-state index in [1.807, 2.05) is 0 Å². The molecule has 0 aliphatic heterocycles. The lowest BCUT2D eigenvalue weighted by Gasteiger charge is -2.08. The third-order valence-corrected chi connectivity index (χ3v) is 1.63. The molecule has 0 amide bonds. The molecule has 12 heavy (non-hydrogen) atoms. The van der Waals surface area contributed by atoms with Gasteiger partial charge < -0.3 is 9.84 Å². The van der Waals surface area contributed by atoms with Gasteiger partial charge in [-0.25, -0.2) is 4.79 Å². The van der Waals surface area contributed by atoms with Gasteiger partial charge in [0.2, 0.25) is 0 Å². The third kappa shape index (κ3) is 2.12. The molecule has 66 valence electrons. The van der Waals surface area contributed by atoms with Gasteiger partial charge in [-0.2, -0.15) is 0 Å². The first-order chi connectivity index (χ1) is 5.74. The van der Waals surface area contributed by atoms with Crippen LogP contribution in [-0.4, -0.2) is 17.7 Å². The summed E-state index contributed by atoms with van der Waals surface area (Å²) in [6.07, 6.45) is 4.50. The molecule has 0 aromatic heterocycles. The van der Waals surface area contributed by atoms with Crippen LogP contribution in [-0.2, 0) is 9.53 Å². The molecule has 3 nitrogen and oxygen atoms in total. The second-order valence-corrected chi connectivity index (χ2v) is 2.56. The summed E-state index contributed by atoms with van der Waals surface area (Å²) in [6.45, 7) is 2.14. The van der Waals surface area contributed by atoms with E-state index in [0.717, 1.165) is 0 Å². The highest BCUT2D eigenvalue weighted by atomic mass is 16.5. The molecule has 0 unspecified atom stereocenters. The van der Waals surface area contributed by atoms with Crippen LogP contribution in [0.15, 0.2) is 23.5 Å². The van der Waals surface area contributed by atoms with Crippen molar-refractivity contribution in [3.8, 4) is 0 Å². The fraction of sp³-hybridized carbons (Fsp3) is 0.444. The molecule has 0 aromatic rings. The maximum absolute atomic E-state index is 11.1. The molecule has 0 saturated carbocycles. The van der Waals surface area contributed by atoms with Gasteiger partial charge in [0.25, 0.3) is 0 Å². The monoisotopic (exact) mass is 168 g/mol. The lowest BCUT2D eigenvalue weighted by Crippen LogP contribution is -2.09. The molecule has 0 saturated heterocycles. The first-order valence-electron chi connectivity index (χ1n) is 4.01. The van der Waals surface area contributed by atoms with Gasteiger partial charge in [0, 0.05) is 5.57 Å². The number of esters is 1. The quantitative estimate of drug-likeness (QED) is 0.638. The molecule has 1 N–H and O–H groups in total. The minimum absolute atomic E-state index is 0.157. The Morgan fingerprint density at radius 1 is 1.75 bits per heavy atom. The minimum atomic E-state index is -0.322. The Labute approximate surface area is 71.3 Å². The second-order valence-electron chi connectivity index (χ2n) is 2.56. The Balaban J connectivity index is 2.62. The Bertz CT molecular complexity index is 238. The molecular formula is C9H12O3. The molecular weight excluding hydrogens is 156 g/mol. The lowest BCUT2D eigenvalue weighted by molar-refractivity contribution is -0.138. The van der Waals surface area contributed by atoms with E-state index in [1.165, 1.54) is 6.08 Å². The number of ether oxygens (including phenoxy) is 1. The zero-order valence-corrected chi connectivity index (χ0v) is 7.04.